The normalized spacial score (nSPS) is 12.6. The lowest BCUT2D eigenvalue weighted by Gasteiger charge is -2.21. The Labute approximate surface area is 198 Å². The fraction of sp³-hybridized carbons (Fsp3) is 0.500. The van der Waals surface area contributed by atoms with Crippen LogP contribution in [-0.4, -0.2) is 57.7 Å². The number of rotatable bonds is 9. The molecule has 0 radical (unpaired) electrons. The van der Waals surface area contributed by atoms with Crippen molar-refractivity contribution in [3.05, 3.63) is 46.3 Å². The number of fused-ring (bicyclic) bond motifs is 1. The van der Waals surface area contributed by atoms with Crippen LogP contribution in [0.15, 0.2) is 34.8 Å². The van der Waals surface area contributed by atoms with Gasteiger partial charge < -0.3 is 15.0 Å². The average Bonchev–Trinajstić information content (AvgIpc) is 3.37. The number of thiazole rings is 1. The summed E-state index contributed by atoms with van der Waals surface area (Å²) in [6, 6.07) is 5.93. The topological polar surface area (TPSA) is 79.9 Å². The van der Waals surface area contributed by atoms with Crippen LogP contribution in [0, 0.1) is 0 Å². The van der Waals surface area contributed by atoms with Gasteiger partial charge in [0.1, 0.15) is 16.9 Å². The van der Waals surface area contributed by atoms with Crippen LogP contribution >= 0.6 is 35.3 Å². The van der Waals surface area contributed by atoms with Crippen molar-refractivity contribution in [2.75, 3.05) is 27.2 Å². The quantitative estimate of drug-likeness (QED) is 0.193. The minimum atomic E-state index is 0. The summed E-state index contributed by atoms with van der Waals surface area (Å²) in [5.74, 6) is 1.85. The lowest BCUT2D eigenvalue weighted by atomic mass is 10.3. The summed E-state index contributed by atoms with van der Waals surface area (Å²) in [5, 5.41) is 14.9. The van der Waals surface area contributed by atoms with Crippen molar-refractivity contribution >= 4 is 46.9 Å². The van der Waals surface area contributed by atoms with Crippen LogP contribution in [0.25, 0.3) is 5.65 Å². The molecule has 3 rings (SSSR count). The number of guanidine groups is 1. The van der Waals surface area contributed by atoms with Crippen LogP contribution in [0.4, 0.5) is 0 Å². The number of nitrogens with one attached hydrogen (secondary N) is 1. The zero-order chi connectivity index (χ0) is 20.6. The Hall–Kier alpha value is -1.79. The van der Waals surface area contributed by atoms with Crippen molar-refractivity contribution in [1.82, 2.24) is 29.8 Å². The Morgan fingerprint density at radius 1 is 1.37 bits per heavy atom. The molecule has 3 aromatic rings. The van der Waals surface area contributed by atoms with E-state index >= 15 is 0 Å². The largest absolute Gasteiger partial charge is 0.375 e. The summed E-state index contributed by atoms with van der Waals surface area (Å²) in [5.41, 5.74) is 1.90. The Balaban J connectivity index is 0.00000320. The standard InChI is InChI=1S/C20H29N7OS.HI/c1-5-21-20(26(3)13-16-14-29-19(23-16)15(2)28-4)22-11-8-10-18-25-24-17-9-6-7-12-27(17)18;/h6-7,9,12,14-15H,5,8,10-11,13H2,1-4H3,(H,21,22);1H. The Morgan fingerprint density at radius 2 is 2.20 bits per heavy atom. The summed E-state index contributed by atoms with van der Waals surface area (Å²) in [4.78, 5) is 11.5. The zero-order valence-corrected chi connectivity index (χ0v) is 21.1. The van der Waals surface area contributed by atoms with Crippen LogP contribution in [0.2, 0.25) is 0 Å². The molecule has 30 heavy (non-hydrogen) atoms. The number of aliphatic imine (C=N–C) groups is 1. The predicted molar refractivity (Wildman–Crippen MR) is 132 cm³/mol. The summed E-state index contributed by atoms with van der Waals surface area (Å²) >= 11 is 1.63. The van der Waals surface area contributed by atoms with Gasteiger partial charge in [0.25, 0.3) is 0 Å². The third kappa shape index (κ3) is 6.35. The van der Waals surface area contributed by atoms with E-state index in [1.54, 1.807) is 18.4 Å². The first-order valence-electron chi connectivity index (χ1n) is 9.87. The van der Waals surface area contributed by atoms with E-state index < -0.39 is 0 Å². The minimum Gasteiger partial charge on any atom is -0.375 e. The fourth-order valence-electron chi connectivity index (χ4n) is 2.95. The highest BCUT2D eigenvalue weighted by atomic mass is 127. The maximum Gasteiger partial charge on any atom is 0.194 e. The molecule has 0 fully saturated rings. The maximum atomic E-state index is 5.35. The molecule has 0 aliphatic rings. The second-order valence-electron chi connectivity index (χ2n) is 6.80. The van der Waals surface area contributed by atoms with Crippen LogP contribution in [0.1, 0.15) is 42.9 Å². The number of pyridine rings is 1. The van der Waals surface area contributed by atoms with Crippen molar-refractivity contribution in [3.8, 4) is 0 Å². The van der Waals surface area contributed by atoms with E-state index in [2.05, 4.69) is 37.7 Å². The van der Waals surface area contributed by atoms with Gasteiger partial charge in [-0.25, -0.2) is 4.98 Å². The molecule has 1 unspecified atom stereocenters. The second kappa shape index (κ2) is 12.2. The molecule has 0 amide bonds. The monoisotopic (exact) mass is 543 g/mol. The fourth-order valence-corrected chi connectivity index (χ4v) is 3.80. The van der Waals surface area contributed by atoms with Crippen LogP contribution in [0.3, 0.4) is 0 Å². The number of methoxy groups -OCH3 is 1. The maximum absolute atomic E-state index is 5.35. The molecule has 0 bridgehead atoms. The number of halogens is 1. The smallest absolute Gasteiger partial charge is 0.194 e. The highest BCUT2D eigenvalue weighted by molar-refractivity contribution is 14.0. The van der Waals surface area contributed by atoms with Gasteiger partial charge in [-0.1, -0.05) is 6.07 Å². The molecule has 1 N–H and O–H groups in total. The average molecular weight is 543 g/mol. The SMILES string of the molecule is CCNC(=NCCCc1nnc2ccccn12)N(C)Cc1csc(C(C)OC)n1.I. The molecular weight excluding hydrogens is 513 g/mol. The number of ether oxygens (including phenoxy) is 1. The van der Waals surface area contributed by atoms with E-state index in [9.17, 15) is 0 Å². The molecular formula is C20H30IN7OS. The van der Waals surface area contributed by atoms with Gasteiger partial charge in [0.2, 0.25) is 0 Å². The van der Waals surface area contributed by atoms with Gasteiger partial charge in [-0.2, -0.15) is 0 Å². The number of hydrogen-bond acceptors (Lipinski definition) is 6. The Bertz CT molecular complexity index is 942. The molecule has 0 aromatic carbocycles. The minimum absolute atomic E-state index is 0. The number of aromatic nitrogens is 4. The van der Waals surface area contributed by atoms with Gasteiger partial charge in [-0.3, -0.25) is 9.39 Å². The van der Waals surface area contributed by atoms with Crippen molar-refractivity contribution < 1.29 is 4.74 Å². The summed E-state index contributed by atoms with van der Waals surface area (Å²) in [6.45, 7) is 6.33. The van der Waals surface area contributed by atoms with E-state index in [1.165, 1.54) is 0 Å². The number of hydrogen-bond donors (Lipinski definition) is 1. The molecule has 0 saturated carbocycles. The van der Waals surface area contributed by atoms with Gasteiger partial charge in [-0.15, -0.1) is 45.5 Å². The van der Waals surface area contributed by atoms with Crippen LogP contribution in [-0.2, 0) is 17.7 Å². The van der Waals surface area contributed by atoms with E-state index in [0.717, 1.165) is 54.1 Å². The van der Waals surface area contributed by atoms with Crippen molar-refractivity contribution in [2.24, 2.45) is 4.99 Å². The highest BCUT2D eigenvalue weighted by Gasteiger charge is 2.12. The number of nitrogens with zero attached hydrogens (tertiary/aromatic N) is 6. The van der Waals surface area contributed by atoms with E-state index in [1.807, 2.05) is 42.8 Å². The Morgan fingerprint density at radius 3 is 2.97 bits per heavy atom. The van der Waals surface area contributed by atoms with Crippen molar-refractivity contribution in [1.29, 1.82) is 0 Å². The van der Waals surface area contributed by atoms with Crippen molar-refractivity contribution in [2.45, 2.75) is 39.3 Å². The number of aryl methyl sites for hydroxylation is 1. The van der Waals surface area contributed by atoms with Crippen LogP contribution < -0.4 is 5.32 Å². The van der Waals surface area contributed by atoms with Crippen molar-refractivity contribution in [3.63, 3.8) is 0 Å². The molecule has 3 aromatic heterocycles. The highest BCUT2D eigenvalue weighted by Crippen LogP contribution is 2.20. The van der Waals surface area contributed by atoms with Gasteiger partial charge in [0, 0.05) is 45.2 Å². The lowest BCUT2D eigenvalue weighted by Crippen LogP contribution is -2.38. The molecule has 3 heterocycles. The van der Waals surface area contributed by atoms with Gasteiger partial charge in [-0.05, 0) is 32.4 Å². The first-order chi connectivity index (χ1) is 14.1. The summed E-state index contributed by atoms with van der Waals surface area (Å²) in [6.07, 6.45) is 3.76. The van der Waals surface area contributed by atoms with E-state index in [-0.39, 0.29) is 30.1 Å². The first-order valence-corrected chi connectivity index (χ1v) is 10.8. The first kappa shape index (κ1) is 24.5. The van der Waals surface area contributed by atoms with E-state index in [4.69, 9.17) is 9.73 Å². The molecule has 0 spiro atoms. The van der Waals surface area contributed by atoms with Gasteiger partial charge >= 0.3 is 0 Å². The Kier molecular flexibility index (Phi) is 9.92. The molecule has 0 aliphatic heterocycles. The molecule has 164 valence electrons. The zero-order valence-electron chi connectivity index (χ0n) is 17.9. The molecule has 0 aliphatic carbocycles. The third-order valence-corrected chi connectivity index (χ3v) is 5.63. The third-order valence-electron chi connectivity index (χ3n) is 4.57. The van der Waals surface area contributed by atoms with E-state index in [0.29, 0.717) is 6.54 Å². The van der Waals surface area contributed by atoms with Gasteiger partial charge in [0.15, 0.2) is 11.6 Å². The molecule has 0 saturated heterocycles. The molecule has 1 atom stereocenters. The van der Waals surface area contributed by atoms with Gasteiger partial charge in [0.05, 0.1) is 12.2 Å². The molecule has 10 heteroatoms. The van der Waals surface area contributed by atoms with Crippen LogP contribution in [0.5, 0.6) is 0 Å². The second-order valence-corrected chi connectivity index (χ2v) is 7.69. The summed E-state index contributed by atoms with van der Waals surface area (Å²) < 4.78 is 7.38. The predicted octanol–water partition coefficient (Wildman–Crippen LogP) is 3.54. The summed E-state index contributed by atoms with van der Waals surface area (Å²) in [7, 11) is 3.74. The molecule has 8 nitrogen and oxygen atoms in total. The lowest BCUT2D eigenvalue weighted by molar-refractivity contribution is 0.119.